The number of para-hydroxylation sites is 4. The minimum absolute atomic E-state index is 0.150. The molecule has 1 unspecified atom stereocenters. The van der Waals surface area contributed by atoms with E-state index in [0.29, 0.717) is 57.1 Å². The lowest BCUT2D eigenvalue weighted by Gasteiger charge is -2.30. The van der Waals surface area contributed by atoms with Gasteiger partial charge in [0.15, 0.2) is 0 Å². The molecular weight excluding hydrogens is 1380 g/mol. The number of benzene rings is 10. The molecule has 0 saturated heterocycles. The summed E-state index contributed by atoms with van der Waals surface area (Å²) in [5.74, 6) is 5.23. The van der Waals surface area contributed by atoms with Crippen molar-refractivity contribution in [2.75, 3.05) is 0 Å². The second-order valence-corrected chi connectivity index (χ2v) is 37.3. The second-order valence-electron chi connectivity index (χ2n) is 33.4. The molecule has 0 N–H and O–H groups in total. The maximum absolute atomic E-state index is 7.69. The van der Waals surface area contributed by atoms with Gasteiger partial charge in [-0.3, -0.25) is 0 Å². The van der Waals surface area contributed by atoms with Crippen molar-refractivity contribution in [3.63, 3.8) is 0 Å². The fourth-order valence-corrected chi connectivity index (χ4v) is 15.4. The lowest BCUT2D eigenvalue weighted by Crippen LogP contribution is -2.19. The molecule has 0 bridgehead atoms. The third kappa shape index (κ3) is 21.4. The molecule has 1 atom stereocenters. The minimum Gasteiger partial charge on any atom is -0.409 e. The van der Waals surface area contributed by atoms with Gasteiger partial charge in [-0.15, -0.1) is 0 Å². The van der Waals surface area contributed by atoms with E-state index in [1.165, 1.54) is 0 Å². The Hall–Kier alpha value is -8.48. The van der Waals surface area contributed by atoms with Crippen LogP contribution in [0, 0.1) is 6.92 Å². The molecule has 0 aliphatic carbocycles. The van der Waals surface area contributed by atoms with E-state index in [-0.39, 0.29) is 44.7 Å². The Morgan fingerprint density at radius 3 is 0.629 bits per heavy atom. The van der Waals surface area contributed by atoms with Gasteiger partial charge in [-0.25, -0.2) is 0 Å². The highest BCUT2D eigenvalue weighted by Crippen LogP contribution is 2.60. The standard InChI is InChI=1S/C89H104O12P4/c1-61-57-62(83(2,3)4)49-53-73(61)94-104(95-74-54-50-63(84(5,6)7)58-70(74)87(14,15)16)100-79-47-35-45-77(98-102(90-66-37-27-23-28-38-66)91-67-39-29-24-30-40-67)81(79)82-78(99-103(92-68-41-31-25-32-42-68)93-69-43-33-26-34-44-69)46-36-48-80(82)101-105(96-75-55-51-64(85(8,9)10)59-71(75)88(17,18)19)97-76-56-52-65(86(11,12)13)60-72(76)89(20,21)22/h23-60H,1-22H3. The van der Waals surface area contributed by atoms with Gasteiger partial charge >= 0.3 is 34.4 Å². The summed E-state index contributed by atoms with van der Waals surface area (Å²) in [7, 11) is -9.77. The van der Waals surface area contributed by atoms with Crippen molar-refractivity contribution in [2.24, 2.45) is 0 Å². The largest absolute Gasteiger partial charge is 0.530 e. The molecule has 16 heteroatoms. The third-order valence-electron chi connectivity index (χ3n) is 17.3. The van der Waals surface area contributed by atoms with Crippen LogP contribution in [0.4, 0.5) is 0 Å². The van der Waals surface area contributed by atoms with Crippen LogP contribution in [0.2, 0.25) is 0 Å². The average molecular weight is 1490 g/mol. The van der Waals surface area contributed by atoms with Crippen LogP contribution < -0.4 is 54.3 Å². The van der Waals surface area contributed by atoms with Crippen molar-refractivity contribution < 1.29 is 54.3 Å². The zero-order chi connectivity index (χ0) is 75.9. The van der Waals surface area contributed by atoms with Crippen LogP contribution in [0.25, 0.3) is 11.1 Å². The van der Waals surface area contributed by atoms with E-state index in [1.807, 2.05) is 189 Å². The second kappa shape index (κ2) is 32.7. The van der Waals surface area contributed by atoms with Crippen LogP contribution >= 0.6 is 34.4 Å². The van der Waals surface area contributed by atoms with E-state index in [0.717, 1.165) is 44.5 Å². The number of rotatable bonds is 25. The molecule has 0 aliphatic rings. The number of aryl methyl sites for hydroxylation is 1. The van der Waals surface area contributed by atoms with Crippen LogP contribution in [-0.4, -0.2) is 0 Å². The highest BCUT2D eigenvalue weighted by molar-refractivity contribution is 7.44. The molecule has 10 rings (SSSR count). The molecule has 10 aromatic rings. The van der Waals surface area contributed by atoms with Crippen LogP contribution in [0.15, 0.2) is 231 Å². The molecule has 0 fully saturated rings. The van der Waals surface area contributed by atoms with E-state index in [2.05, 4.69) is 194 Å². The summed E-state index contributed by atoms with van der Waals surface area (Å²) < 4.78 is 86.8. The summed E-state index contributed by atoms with van der Waals surface area (Å²) >= 11 is 0. The number of hydrogen-bond acceptors (Lipinski definition) is 12. The first kappa shape index (κ1) is 79.1. The molecule has 105 heavy (non-hydrogen) atoms. The smallest absolute Gasteiger partial charge is 0.409 e. The SMILES string of the molecule is Cc1cc(C(C)(C)C)ccc1OP(Oc1ccc(C(C)(C)C)cc1C(C)(C)C)Oc1cccc(OP(Oc2ccccc2)Oc2ccccc2)c1-c1c(OP(Oc2ccccc2)Oc2ccccc2)cccc1OP(Oc1ccc(C(C)(C)C)cc1C(C)(C)C)Oc1ccc(C(C)(C)C)cc1C(C)(C)C. The topological polar surface area (TPSA) is 111 Å². The van der Waals surface area contributed by atoms with Gasteiger partial charge in [-0.05, 0) is 170 Å². The molecule has 0 radical (unpaired) electrons. The monoisotopic (exact) mass is 1490 g/mol. The zero-order valence-electron chi connectivity index (χ0n) is 65.1. The molecule has 0 saturated carbocycles. The molecule has 0 aliphatic heterocycles. The van der Waals surface area contributed by atoms with E-state index >= 15 is 0 Å². The molecule has 12 nitrogen and oxygen atoms in total. The van der Waals surface area contributed by atoms with Crippen molar-refractivity contribution in [3.8, 4) is 80.1 Å². The Morgan fingerprint density at radius 1 is 0.190 bits per heavy atom. The van der Waals surface area contributed by atoms with Crippen molar-refractivity contribution in [1.82, 2.24) is 0 Å². The zero-order valence-corrected chi connectivity index (χ0v) is 68.7. The molecule has 552 valence electrons. The summed E-state index contributed by atoms with van der Waals surface area (Å²) in [5.41, 5.74) is 7.10. The van der Waals surface area contributed by atoms with Gasteiger partial charge in [0.05, 0.1) is 11.1 Å². The first-order chi connectivity index (χ1) is 49.3. The molecule has 0 spiro atoms. The van der Waals surface area contributed by atoms with E-state index in [4.69, 9.17) is 54.3 Å². The van der Waals surface area contributed by atoms with Gasteiger partial charge < -0.3 is 54.3 Å². The maximum Gasteiger partial charge on any atom is 0.530 e. The molecule has 10 aromatic carbocycles. The van der Waals surface area contributed by atoms with Crippen molar-refractivity contribution in [3.05, 3.63) is 275 Å². The lowest BCUT2D eigenvalue weighted by molar-refractivity contribution is 0.370. The quantitative estimate of drug-likeness (QED) is 0.0508. The van der Waals surface area contributed by atoms with Gasteiger partial charge in [0.25, 0.3) is 0 Å². The lowest BCUT2D eigenvalue weighted by atomic mass is 9.80. The summed E-state index contributed by atoms with van der Waals surface area (Å²) in [6.07, 6.45) is 0. The summed E-state index contributed by atoms with van der Waals surface area (Å²) in [6, 6.07) is 74.2. The Bertz CT molecular complexity index is 4360. The maximum atomic E-state index is 7.69. The Balaban J connectivity index is 1.27. The summed E-state index contributed by atoms with van der Waals surface area (Å²) in [6.45, 7) is 48.2. The van der Waals surface area contributed by atoms with Gasteiger partial charge in [-0.2, -0.15) is 0 Å². The van der Waals surface area contributed by atoms with E-state index < -0.39 is 50.7 Å². The van der Waals surface area contributed by atoms with Gasteiger partial charge in [0.2, 0.25) is 0 Å². The number of hydrogen-bond donors (Lipinski definition) is 0. The Labute approximate surface area is 630 Å². The van der Waals surface area contributed by atoms with Gasteiger partial charge in [0, 0.05) is 16.7 Å². The summed E-state index contributed by atoms with van der Waals surface area (Å²) in [4.78, 5) is 0. The van der Waals surface area contributed by atoms with Gasteiger partial charge in [-0.1, -0.05) is 279 Å². The molecular formula is C89H104O12P4. The van der Waals surface area contributed by atoms with Gasteiger partial charge in [0.1, 0.15) is 69.0 Å². The highest BCUT2D eigenvalue weighted by atomic mass is 31.2. The molecule has 0 aromatic heterocycles. The fraction of sp³-hybridized carbons (Fsp3) is 0.326. The van der Waals surface area contributed by atoms with Crippen LogP contribution in [0.3, 0.4) is 0 Å². The van der Waals surface area contributed by atoms with Crippen LogP contribution in [-0.2, 0) is 37.9 Å². The first-order valence-corrected chi connectivity index (χ1v) is 40.1. The van der Waals surface area contributed by atoms with E-state index in [1.54, 1.807) is 0 Å². The van der Waals surface area contributed by atoms with Crippen molar-refractivity contribution in [1.29, 1.82) is 0 Å². The predicted molar refractivity (Wildman–Crippen MR) is 434 cm³/mol. The predicted octanol–water partition coefficient (Wildman–Crippen LogP) is 27.8. The minimum atomic E-state index is -2.52. The Kier molecular flexibility index (Phi) is 24.6. The van der Waals surface area contributed by atoms with Crippen molar-refractivity contribution in [2.45, 2.75) is 190 Å². The van der Waals surface area contributed by atoms with Crippen LogP contribution in [0.5, 0.6) is 69.0 Å². The normalized spacial score (nSPS) is 12.7. The van der Waals surface area contributed by atoms with E-state index in [9.17, 15) is 0 Å². The highest BCUT2D eigenvalue weighted by Gasteiger charge is 2.38. The third-order valence-corrected chi connectivity index (χ3v) is 21.5. The Morgan fingerprint density at radius 2 is 0.400 bits per heavy atom. The van der Waals surface area contributed by atoms with Crippen molar-refractivity contribution >= 4 is 34.4 Å². The summed E-state index contributed by atoms with van der Waals surface area (Å²) in [5, 5.41) is 0. The molecule has 0 amide bonds. The van der Waals surface area contributed by atoms with Crippen LogP contribution in [0.1, 0.15) is 190 Å². The molecule has 0 heterocycles. The fourth-order valence-electron chi connectivity index (χ4n) is 11.2. The first-order valence-electron chi connectivity index (χ1n) is 35.7. The average Bonchev–Trinajstić information content (AvgIpc) is 0.766.